The van der Waals surface area contributed by atoms with Crippen LogP contribution < -0.4 is 11.1 Å². The van der Waals surface area contributed by atoms with Gasteiger partial charge in [-0.15, -0.1) is 12.4 Å². The van der Waals surface area contributed by atoms with Gasteiger partial charge in [0.1, 0.15) is 6.04 Å². The lowest BCUT2D eigenvalue weighted by molar-refractivity contribution is -0.380. The lowest BCUT2D eigenvalue weighted by atomic mass is 10.2. The Balaban J connectivity index is 0.00000312. The highest BCUT2D eigenvalue weighted by Gasteiger charge is 2.37. The second-order valence-corrected chi connectivity index (χ2v) is 6.39. The zero-order valence-corrected chi connectivity index (χ0v) is 14.6. The fraction of sp³-hybridized carbons (Fsp3) is 0.538. The van der Waals surface area contributed by atoms with Crippen molar-refractivity contribution in [2.45, 2.75) is 24.8 Å². The van der Waals surface area contributed by atoms with Crippen LogP contribution >= 0.6 is 23.7 Å². The van der Waals surface area contributed by atoms with Crippen LogP contribution in [0.15, 0.2) is 12.1 Å². The number of nitrogens with one attached hydrogen (secondary N) is 1. The molecule has 0 aliphatic carbocycles. The first-order valence-corrected chi connectivity index (χ1v) is 7.97. The number of rotatable bonds is 6. The van der Waals surface area contributed by atoms with E-state index in [0.717, 1.165) is 0 Å². The highest BCUT2D eigenvalue weighted by atomic mass is 35.5. The Labute approximate surface area is 151 Å². The average Bonchev–Trinajstić information content (AvgIpc) is 3.21. The molecule has 0 saturated carbocycles. The van der Waals surface area contributed by atoms with Crippen LogP contribution in [0.4, 0.5) is 13.8 Å². The number of nitro groups is 1. The van der Waals surface area contributed by atoms with Gasteiger partial charge in [0, 0.05) is 12.6 Å². The van der Waals surface area contributed by atoms with Gasteiger partial charge in [0.2, 0.25) is 5.91 Å². The van der Waals surface area contributed by atoms with Crippen molar-refractivity contribution in [3.05, 3.63) is 27.1 Å². The van der Waals surface area contributed by atoms with Crippen molar-refractivity contribution in [1.82, 2.24) is 10.2 Å². The number of amides is 2. The molecule has 12 heteroatoms. The fourth-order valence-electron chi connectivity index (χ4n) is 2.37. The van der Waals surface area contributed by atoms with Gasteiger partial charge in [-0.05, 0) is 18.9 Å². The maximum Gasteiger partial charge on any atom is 0.324 e. The third-order valence-electron chi connectivity index (χ3n) is 3.62. The first kappa shape index (κ1) is 21.2. The molecule has 2 amide bonds. The van der Waals surface area contributed by atoms with Gasteiger partial charge in [-0.1, -0.05) is 11.3 Å². The number of hydrogen-bond acceptors (Lipinski definition) is 6. The van der Waals surface area contributed by atoms with Gasteiger partial charge in [0.25, 0.3) is 11.8 Å². The van der Waals surface area contributed by atoms with Crippen molar-refractivity contribution in [3.8, 4) is 0 Å². The number of nitrogens with zero attached hydrogens (tertiary/aromatic N) is 2. The van der Waals surface area contributed by atoms with E-state index in [-0.39, 0.29) is 28.8 Å². The lowest BCUT2D eigenvalue weighted by Gasteiger charge is -2.24. The number of carbonyl (C=O) groups excluding carboxylic acids is 2. The van der Waals surface area contributed by atoms with Crippen molar-refractivity contribution >= 4 is 40.6 Å². The van der Waals surface area contributed by atoms with Crippen molar-refractivity contribution in [2.24, 2.45) is 5.73 Å². The third kappa shape index (κ3) is 5.06. The molecular weight excluding hydrogens is 382 g/mol. The first-order valence-electron chi connectivity index (χ1n) is 7.16. The smallest absolute Gasteiger partial charge is 0.324 e. The summed E-state index contributed by atoms with van der Waals surface area (Å²) in [5, 5.41) is 12.6. The minimum Gasteiger partial charge on any atom is -0.348 e. The number of thiophene rings is 1. The van der Waals surface area contributed by atoms with Crippen LogP contribution in [-0.2, 0) is 4.79 Å². The van der Waals surface area contributed by atoms with E-state index in [1.54, 1.807) is 0 Å². The van der Waals surface area contributed by atoms with Crippen LogP contribution in [0, 0.1) is 10.1 Å². The van der Waals surface area contributed by atoms with E-state index in [0.29, 0.717) is 24.2 Å². The zero-order valence-electron chi connectivity index (χ0n) is 12.9. The maximum atomic E-state index is 13.1. The minimum absolute atomic E-state index is 0. The summed E-state index contributed by atoms with van der Waals surface area (Å²) >= 11 is 0.712. The summed E-state index contributed by atoms with van der Waals surface area (Å²) in [6.45, 7) is -1.50. The molecule has 0 aromatic carbocycles. The first-order chi connectivity index (χ1) is 11.2. The van der Waals surface area contributed by atoms with Crippen LogP contribution in [0.5, 0.6) is 0 Å². The fourth-order valence-corrected chi connectivity index (χ4v) is 3.15. The molecule has 1 aromatic heterocycles. The summed E-state index contributed by atoms with van der Waals surface area (Å²) in [4.78, 5) is 36.0. The van der Waals surface area contributed by atoms with Crippen LogP contribution in [-0.4, -0.2) is 53.2 Å². The summed E-state index contributed by atoms with van der Waals surface area (Å²) in [6.07, 6.45) is 0.893. The molecule has 0 radical (unpaired) electrons. The summed E-state index contributed by atoms with van der Waals surface area (Å²) in [5.41, 5.74) is 4.90. The van der Waals surface area contributed by atoms with Gasteiger partial charge in [0.05, 0.1) is 22.9 Å². The second-order valence-electron chi connectivity index (χ2n) is 5.33. The van der Waals surface area contributed by atoms with E-state index < -0.39 is 41.8 Å². The molecule has 1 saturated heterocycles. The van der Waals surface area contributed by atoms with Crippen molar-refractivity contribution in [2.75, 3.05) is 19.6 Å². The molecule has 3 N–H and O–H groups in total. The van der Waals surface area contributed by atoms with Gasteiger partial charge in [-0.3, -0.25) is 19.7 Å². The molecule has 0 spiro atoms. The summed E-state index contributed by atoms with van der Waals surface area (Å²) < 4.78 is 26.2. The molecule has 2 rings (SSSR count). The molecule has 1 aliphatic rings. The largest absolute Gasteiger partial charge is 0.348 e. The second kappa shape index (κ2) is 8.50. The summed E-state index contributed by atoms with van der Waals surface area (Å²) in [5.74, 6) is -4.41. The molecule has 1 aromatic rings. The van der Waals surface area contributed by atoms with E-state index in [9.17, 15) is 28.5 Å². The molecule has 25 heavy (non-hydrogen) atoms. The normalized spacial score (nSPS) is 17.1. The Bertz CT molecular complexity index is 658. The molecular formula is C13H17ClF2N4O4S. The molecule has 140 valence electrons. The van der Waals surface area contributed by atoms with Crippen LogP contribution in [0.2, 0.25) is 0 Å². The maximum absolute atomic E-state index is 13.1. The van der Waals surface area contributed by atoms with Crippen LogP contribution in [0.25, 0.3) is 0 Å². The topological polar surface area (TPSA) is 119 Å². The van der Waals surface area contributed by atoms with Gasteiger partial charge < -0.3 is 16.0 Å². The predicted molar refractivity (Wildman–Crippen MR) is 89.3 cm³/mol. The molecule has 8 nitrogen and oxygen atoms in total. The van der Waals surface area contributed by atoms with Crippen LogP contribution in [0.1, 0.15) is 22.5 Å². The summed E-state index contributed by atoms with van der Waals surface area (Å²) in [6, 6.07) is 1.67. The predicted octanol–water partition coefficient (Wildman–Crippen LogP) is 1.39. The Hall–Kier alpha value is -1.85. The Kier molecular flexibility index (Phi) is 7.20. The van der Waals surface area contributed by atoms with E-state index in [1.165, 1.54) is 17.0 Å². The molecule has 1 fully saturated rings. The highest BCUT2D eigenvalue weighted by Crippen LogP contribution is 2.28. The van der Waals surface area contributed by atoms with Crippen molar-refractivity contribution < 1.29 is 23.3 Å². The van der Waals surface area contributed by atoms with Gasteiger partial charge >= 0.3 is 5.00 Å². The number of halogens is 3. The van der Waals surface area contributed by atoms with Gasteiger partial charge in [-0.25, -0.2) is 8.78 Å². The zero-order chi connectivity index (χ0) is 17.9. The number of nitrogens with two attached hydrogens (primary N) is 1. The van der Waals surface area contributed by atoms with E-state index in [4.69, 9.17) is 5.73 Å². The van der Waals surface area contributed by atoms with E-state index in [2.05, 4.69) is 5.32 Å². The van der Waals surface area contributed by atoms with Crippen molar-refractivity contribution in [3.63, 3.8) is 0 Å². The highest BCUT2D eigenvalue weighted by molar-refractivity contribution is 7.17. The standard InChI is InChI=1S/C13H16F2N4O4S.ClH/c14-13(15,6-16)7-17-11(20)8-2-1-5-18(8)12(21)9-3-4-10(24-9)19(22)23;/h3-4,8H,1-2,5-7,16H2,(H,17,20);1H. The number of carbonyl (C=O) groups is 2. The van der Waals surface area contributed by atoms with Gasteiger partial charge in [-0.2, -0.15) is 0 Å². The van der Waals surface area contributed by atoms with Crippen LogP contribution in [0.3, 0.4) is 0 Å². The molecule has 1 unspecified atom stereocenters. The third-order valence-corrected chi connectivity index (χ3v) is 4.64. The average molecular weight is 399 g/mol. The molecule has 2 heterocycles. The quantitative estimate of drug-likeness (QED) is 0.554. The Morgan fingerprint density at radius 1 is 1.48 bits per heavy atom. The van der Waals surface area contributed by atoms with E-state index >= 15 is 0 Å². The minimum atomic E-state index is -3.21. The molecule has 1 atom stereocenters. The Morgan fingerprint density at radius 2 is 2.16 bits per heavy atom. The summed E-state index contributed by atoms with van der Waals surface area (Å²) in [7, 11) is 0. The lowest BCUT2D eigenvalue weighted by Crippen LogP contribution is -2.49. The van der Waals surface area contributed by atoms with E-state index in [1.807, 2.05) is 0 Å². The molecule has 1 aliphatic heterocycles. The SMILES string of the molecule is Cl.NCC(F)(F)CNC(=O)C1CCCN1C(=O)c1ccc([N+](=O)[O-])s1. The van der Waals surface area contributed by atoms with Crippen molar-refractivity contribution in [1.29, 1.82) is 0 Å². The number of likely N-dealkylation sites (tertiary alicyclic amines) is 1. The molecule has 0 bridgehead atoms. The monoisotopic (exact) mass is 398 g/mol. The number of hydrogen-bond donors (Lipinski definition) is 2. The van der Waals surface area contributed by atoms with Gasteiger partial charge in [0.15, 0.2) is 0 Å². The Morgan fingerprint density at radius 3 is 2.72 bits per heavy atom. The number of alkyl halides is 2.